The minimum atomic E-state index is 0.674. The lowest BCUT2D eigenvalue weighted by atomic mass is 10.1. The highest BCUT2D eigenvalue weighted by Crippen LogP contribution is 2.25. The Morgan fingerprint density at radius 3 is 2.67 bits per heavy atom. The van der Waals surface area contributed by atoms with E-state index >= 15 is 0 Å². The monoisotopic (exact) mass is 387 g/mol. The van der Waals surface area contributed by atoms with Gasteiger partial charge in [-0.05, 0) is 34.7 Å². The largest absolute Gasteiger partial charge is 0.354 e. The first-order valence-corrected chi connectivity index (χ1v) is 7.54. The fraction of sp³-hybridized carbons (Fsp3) is 0. The van der Waals surface area contributed by atoms with Crippen molar-refractivity contribution in [3.63, 3.8) is 0 Å². The molecule has 1 aromatic carbocycles. The van der Waals surface area contributed by atoms with E-state index in [-0.39, 0.29) is 0 Å². The highest BCUT2D eigenvalue weighted by Gasteiger charge is 2.11. The molecule has 0 bridgehead atoms. The van der Waals surface area contributed by atoms with Gasteiger partial charge in [0.2, 0.25) is 0 Å². The lowest BCUT2D eigenvalue weighted by molar-refractivity contribution is 0.434. The van der Waals surface area contributed by atoms with Gasteiger partial charge >= 0.3 is 0 Å². The Bertz CT molecular complexity index is 912. The first kappa shape index (κ1) is 12.6. The SMILES string of the molecule is Ic1ccc2nc(-c3cc(-c4ccccc4)no3)cn2c1. The van der Waals surface area contributed by atoms with Crippen molar-refractivity contribution < 1.29 is 4.52 Å². The van der Waals surface area contributed by atoms with Crippen LogP contribution in [0.4, 0.5) is 0 Å². The third kappa shape index (κ3) is 2.33. The van der Waals surface area contributed by atoms with Crippen LogP contribution < -0.4 is 0 Å². The molecule has 0 aliphatic carbocycles. The lowest BCUT2D eigenvalue weighted by Crippen LogP contribution is -1.82. The van der Waals surface area contributed by atoms with Crippen LogP contribution in [0.1, 0.15) is 0 Å². The van der Waals surface area contributed by atoms with Gasteiger partial charge in [-0.2, -0.15) is 0 Å². The normalized spacial score (nSPS) is 11.1. The standard InChI is InChI=1S/C16H10IN3O/c17-12-6-7-16-18-14(10-20(16)9-12)15-8-13(19-21-15)11-4-2-1-3-5-11/h1-10H. The molecular weight excluding hydrogens is 377 g/mol. The molecule has 5 heteroatoms. The van der Waals surface area contributed by atoms with Crippen molar-refractivity contribution >= 4 is 28.2 Å². The molecule has 0 fully saturated rings. The number of fused-ring (bicyclic) bond motifs is 1. The van der Waals surface area contributed by atoms with Crippen molar-refractivity contribution in [2.24, 2.45) is 0 Å². The van der Waals surface area contributed by atoms with Gasteiger partial charge in [0.25, 0.3) is 0 Å². The Kier molecular flexibility index (Phi) is 2.99. The van der Waals surface area contributed by atoms with E-state index in [2.05, 4.69) is 32.7 Å². The quantitative estimate of drug-likeness (QED) is 0.483. The zero-order valence-corrected chi connectivity index (χ0v) is 13.1. The first-order chi connectivity index (χ1) is 10.3. The molecule has 4 aromatic rings. The predicted molar refractivity (Wildman–Crippen MR) is 88.8 cm³/mol. The van der Waals surface area contributed by atoms with Gasteiger partial charge in [0.15, 0.2) is 5.76 Å². The molecule has 0 saturated heterocycles. The van der Waals surface area contributed by atoms with Crippen molar-refractivity contribution in [3.8, 4) is 22.7 Å². The minimum Gasteiger partial charge on any atom is -0.354 e. The van der Waals surface area contributed by atoms with Gasteiger partial charge in [-0.25, -0.2) is 4.98 Å². The number of aromatic nitrogens is 3. The Hall–Kier alpha value is -2.15. The average molecular weight is 387 g/mol. The number of hydrogen-bond donors (Lipinski definition) is 0. The maximum Gasteiger partial charge on any atom is 0.187 e. The van der Waals surface area contributed by atoms with Crippen LogP contribution in [0.2, 0.25) is 0 Å². The molecule has 102 valence electrons. The summed E-state index contributed by atoms with van der Waals surface area (Å²) >= 11 is 2.28. The number of rotatable bonds is 2. The second-order valence-corrected chi connectivity index (χ2v) is 5.93. The summed E-state index contributed by atoms with van der Waals surface area (Å²) in [6.07, 6.45) is 3.98. The molecule has 0 N–H and O–H groups in total. The molecule has 0 saturated carbocycles. The van der Waals surface area contributed by atoms with E-state index in [9.17, 15) is 0 Å². The molecule has 0 amide bonds. The van der Waals surface area contributed by atoms with Crippen LogP contribution in [0, 0.1) is 3.57 Å². The third-order valence-corrected chi connectivity index (χ3v) is 3.89. The van der Waals surface area contributed by atoms with Crippen LogP contribution in [0.15, 0.2) is 65.4 Å². The second kappa shape index (κ2) is 5.00. The summed E-state index contributed by atoms with van der Waals surface area (Å²) in [4.78, 5) is 4.56. The lowest BCUT2D eigenvalue weighted by Gasteiger charge is -1.91. The Labute approximate surface area is 134 Å². The van der Waals surface area contributed by atoms with Gasteiger partial charge in [-0.3, -0.25) is 0 Å². The van der Waals surface area contributed by atoms with Crippen molar-refractivity contribution in [2.75, 3.05) is 0 Å². The number of hydrogen-bond acceptors (Lipinski definition) is 3. The van der Waals surface area contributed by atoms with E-state index < -0.39 is 0 Å². The van der Waals surface area contributed by atoms with Crippen LogP contribution >= 0.6 is 22.6 Å². The molecule has 4 nitrogen and oxygen atoms in total. The van der Waals surface area contributed by atoms with Gasteiger partial charge in [0, 0.05) is 27.6 Å². The maximum atomic E-state index is 5.44. The molecule has 21 heavy (non-hydrogen) atoms. The highest BCUT2D eigenvalue weighted by atomic mass is 127. The summed E-state index contributed by atoms with van der Waals surface area (Å²) in [6, 6.07) is 15.9. The minimum absolute atomic E-state index is 0.674. The number of pyridine rings is 1. The molecular formula is C16H10IN3O. The number of imidazole rings is 1. The summed E-state index contributed by atoms with van der Waals surface area (Å²) in [5, 5.41) is 4.12. The van der Waals surface area contributed by atoms with Crippen LogP contribution in [0.25, 0.3) is 28.4 Å². The number of nitrogens with zero attached hydrogens (tertiary/aromatic N) is 3. The van der Waals surface area contributed by atoms with Gasteiger partial charge < -0.3 is 8.92 Å². The first-order valence-electron chi connectivity index (χ1n) is 6.46. The van der Waals surface area contributed by atoms with Crippen LogP contribution in [0.5, 0.6) is 0 Å². The Balaban J connectivity index is 1.77. The van der Waals surface area contributed by atoms with Gasteiger partial charge in [-0.1, -0.05) is 35.5 Å². The fourth-order valence-corrected chi connectivity index (χ4v) is 2.70. The number of benzene rings is 1. The second-order valence-electron chi connectivity index (χ2n) is 4.68. The molecule has 0 aliphatic heterocycles. The van der Waals surface area contributed by atoms with E-state index in [1.165, 1.54) is 0 Å². The van der Waals surface area contributed by atoms with E-state index in [0.29, 0.717) is 5.76 Å². The van der Waals surface area contributed by atoms with Crippen molar-refractivity contribution in [3.05, 3.63) is 64.5 Å². The number of halogens is 1. The van der Waals surface area contributed by atoms with Gasteiger partial charge in [0.1, 0.15) is 17.0 Å². The van der Waals surface area contributed by atoms with Crippen molar-refractivity contribution in [1.29, 1.82) is 0 Å². The summed E-state index contributed by atoms with van der Waals surface area (Å²) in [5.41, 5.74) is 3.53. The molecule has 4 rings (SSSR count). The summed E-state index contributed by atoms with van der Waals surface area (Å²) in [7, 11) is 0. The highest BCUT2D eigenvalue weighted by molar-refractivity contribution is 14.1. The Morgan fingerprint density at radius 2 is 1.81 bits per heavy atom. The molecule has 3 aromatic heterocycles. The summed E-state index contributed by atoms with van der Waals surface area (Å²) < 4.78 is 8.58. The van der Waals surface area contributed by atoms with Gasteiger partial charge in [0.05, 0.1) is 0 Å². The molecule has 0 aliphatic rings. The molecule has 3 heterocycles. The Morgan fingerprint density at radius 1 is 0.952 bits per heavy atom. The topological polar surface area (TPSA) is 43.3 Å². The van der Waals surface area contributed by atoms with Crippen LogP contribution in [0.3, 0.4) is 0 Å². The summed E-state index contributed by atoms with van der Waals surface area (Å²) in [6.45, 7) is 0. The van der Waals surface area contributed by atoms with Crippen LogP contribution in [-0.2, 0) is 0 Å². The van der Waals surface area contributed by atoms with Gasteiger partial charge in [-0.15, -0.1) is 0 Å². The maximum absolute atomic E-state index is 5.44. The summed E-state index contributed by atoms with van der Waals surface area (Å²) in [5.74, 6) is 0.674. The zero-order chi connectivity index (χ0) is 14.2. The van der Waals surface area contributed by atoms with Crippen LogP contribution in [-0.4, -0.2) is 14.5 Å². The third-order valence-electron chi connectivity index (χ3n) is 3.25. The van der Waals surface area contributed by atoms with E-state index in [0.717, 1.165) is 26.2 Å². The molecule has 0 spiro atoms. The van der Waals surface area contributed by atoms with E-state index in [4.69, 9.17) is 4.52 Å². The molecule has 0 atom stereocenters. The molecule has 0 radical (unpaired) electrons. The van der Waals surface area contributed by atoms with E-state index in [1.54, 1.807) is 0 Å². The van der Waals surface area contributed by atoms with Crippen molar-refractivity contribution in [1.82, 2.24) is 14.5 Å². The fourth-order valence-electron chi connectivity index (χ4n) is 2.22. The van der Waals surface area contributed by atoms with E-state index in [1.807, 2.05) is 65.3 Å². The smallest absolute Gasteiger partial charge is 0.187 e. The van der Waals surface area contributed by atoms with Crippen molar-refractivity contribution in [2.45, 2.75) is 0 Å². The average Bonchev–Trinajstić information content (AvgIpc) is 3.14. The molecule has 0 unspecified atom stereocenters. The predicted octanol–water partition coefficient (Wildman–Crippen LogP) is 4.26. The zero-order valence-electron chi connectivity index (χ0n) is 10.9.